The molecular formula is C19H15FN2O2. The van der Waals surface area contributed by atoms with E-state index in [9.17, 15) is 19.7 Å². The number of nitriles is 2. The molecule has 1 atom stereocenters. The van der Waals surface area contributed by atoms with Gasteiger partial charge in [0, 0.05) is 6.42 Å². The molecule has 4 nitrogen and oxygen atoms in total. The molecule has 5 heteroatoms. The molecule has 2 aromatic carbocycles. The number of halogens is 1. The molecule has 0 amide bonds. The van der Waals surface area contributed by atoms with E-state index >= 15 is 0 Å². The zero-order chi connectivity index (χ0) is 17.6. The maximum absolute atomic E-state index is 14.1. The Morgan fingerprint density at radius 3 is 2.46 bits per heavy atom. The zero-order valence-corrected chi connectivity index (χ0v) is 13.1. The van der Waals surface area contributed by atoms with Gasteiger partial charge in [-0.25, -0.2) is 4.39 Å². The van der Waals surface area contributed by atoms with Crippen molar-refractivity contribution in [3.05, 3.63) is 71.0 Å². The van der Waals surface area contributed by atoms with Gasteiger partial charge in [0.1, 0.15) is 17.3 Å². The average Bonchev–Trinajstić information content (AvgIpc) is 2.63. The van der Waals surface area contributed by atoms with Gasteiger partial charge < -0.3 is 4.74 Å². The summed E-state index contributed by atoms with van der Waals surface area (Å²) in [6.45, 7) is 0. The van der Waals surface area contributed by atoms with Crippen molar-refractivity contribution >= 4 is 5.97 Å². The molecule has 0 unspecified atom stereocenters. The summed E-state index contributed by atoms with van der Waals surface area (Å²) in [5.41, 5.74) is -0.656. The number of hydrogen-bond donors (Lipinski definition) is 0. The SMILES string of the molecule is COC(=O)CC[C@@](C#N)(c1ccccc1)c1cccc(F)c1C#N. The Hall–Kier alpha value is -3.18. The lowest BCUT2D eigenvalue weighted by atomic mass is 9.71. The van der Waals surface area contributed by atoms with Crippen molar-refractivity contribution in [2.24, 2.45) is 0 Å². The second kappa shape index (κ2) is 7.39. The van der Waals surface area contributed by atoms with Crippen LogP contribution in [-0.2, 0) is 14.9 Å². The van der Waals surface area contributed by atoms with Crippen molar-refractivity contribution in [3.63, 3.8) is 0 Å². The van der Waals surface area contributed by atoms with E-state index in [0.717, 1.165) is 0 Å². The van der Waals surface area contributed by atoms with E-state index in [-0.39, 0.29) is 24.0 Å². The smallest absolute Gasteiger partial charge is 0.305 e. The first kappa shape index (κ1) is 17.2. The molecule has 0 heterocycles. The van der Waals surface area contributed by atoms with E-state index in [4.69, 9.17) is 0 Å². The van der Waals surface area contributed by atoms with Crippen LogP contribution < -0.4 is 0 Å². The fraction of sp³-hybridized carbons (Fsp3) is 0.211. The minimum atomic E-state index is -1.32. The molecule has 0 aliphatic carbocycles. The lowest BCUT2D eigenvalue weighted by Crippen LogP contribution is -2.28. The highest BCUT2D eigenvalue weighted by molar-refractivity contribution is 5.70. The average molecular weight is 322 g/mol. The van der Waals surface area contributed by atoms with Crippen LogP contribution in [0.25, 0.3) is 0 Å². The molecular weight excluding hydrogens is 307 g/mol. The monoisotopic (exact) mass is 322 g/mol. The predicted molar refractivity (Wildman–Crippen MR) is 85.2 cm³/mol. The van der Waals surface area contributed by atoms with E-state index in [1.165, 1.54) is 19.2 Å². The molecule has 0 radical (unpaired) electrons. The third-order valence-corrected chi connectivity index (χ3v) is 3.97. The largest absolute Gasteiger partial charge is 0.469 e. The van der Waals surface area contributed by atoms with Gasteiger partial charge >= 0.3 is 5.97 Å². The summed E-state index contributed by atoms with van der Waals surface area (Å²) in [4.78, 5) is 11.6. The van der Waals surface area contributed by atoms with Crippen molar-refractivity contribution in [1.82, 2.24) is 0 Å². The number of esters is 1. The molecule has 24 heavy (non-hydrogen) atoms. The highest BCUT2D eigenvalue weighted by Crippen LogP contribution is 2.38. The predicted octanol–water partition coefficient (Wildman–Crippen LogP) is 3.46. The van der Waals surface area contributed by atoms with Gasteiger partial charge in [0.05, 0.1) is 18.7 Å². The molecule has 2 rings (SSSR count). The second-order valence-corrected chi connectivity index (χ2v) is 5.23. The number of nitrogens with zero attached hydrogens (tertiary/aromatic N) is 2. The van der Waals surface area contributed by atoms with Crippen LogP contribution in [0.15, 0.2) is 48.5 Å². The molecule has 0 aromatic heterocycles. The Balaban J connectivity index is 2.68. The Morgan fingerprint density at radius 1 is 1.17 bits per heavy atom. The summed E-state index contributed by atoms with van der Waals surface area (Å²) in [6.07, 6.45) is 0.0542. The number of benzene rings is 2. The summed E-state index contributed by atoms with van der Waals surface area (Å²) in [5.74, 6) is -1.16. The number of carbonyl (C=O) groups excluding carboxylic acids is 1. The van der Waals surface area contributed by atoms with Crippen LogP contribution in [0.5, 0.6) is 0 Å². The van der Waals surface area contributed by atoms with Crippen LogP contribution in [0.2, 0.25) is 0 Å². The Kier molecular flexibility index (Phi) is 5.29. The molecule has 0 aliphatic heterocycles. The van der Waals surface area contributed by atoms with Crippen molar-refractivity contribution < 1.29 is 13.9 Å². The van der Waals surface area contributed by atoms with E-state index < -0.39 is 17.2 Å². The molecule has 0 N–H and O–H groups in total. The quantitative estimate of drug-likeness (QED) is 0.790. The van der Waals surface area contributed by atoms with Crippen molar-refractivity contribution in [3.8, 4) is 12.1 Å². The number of hydrogen-bond acceptors (Lipinski definition) is 4. The fourth-order valence-corrected chi connectivity index (χ4v) is 2.72. The Morgan fingerprint density at radius 2 is 1.88 bits per heavy atom. The highest BCUT2D eigenvalue weighted by Gasteiger charge is 2.37. The molecule has 0 fully saturated rings. The number of carbonyl (C=O) groups is 1. The third kappa shape index (κ3) is 3.11. The standard InChI is InChI=1S/C19H15FN2O2/c1-24-18(23)10-11-19(13-22,14-6-3-2-4-7-14)16-8-5-9-17(20)15(16)12-21/h2-9H,10-11H2,1H3/t19-/m1/s1. The second-order valence-electron chi connectivity index (χ2n) is 5.23. The first-order valence-corrected chi connectivity index (χ1v) is 7.31. The van der Waals surface area contributed by atoms with E-state index in [1.807, 2.05) is 6.07 Å². The number of ether oxygens (including phenoxy) is 1. The van der Waals surface area contributed by atoms with Gasteiger partial charge in [-0.05, 0) is 23.6 Å². The first-order chi connectivity index (χ1) is 11.6. The lowest BCUT2D eigenvalue weighted by Gasteiger charge is -2.28. The molecule has 120 valence electrons. The van der Waals surface area contributed by atoms with Crippen LogP contribution in [-0.4, -0.2) is 13.1 Å². The van der Waals surface area contributed by atoms with Crippen LogP contribution >= 0.6 is 0 Å². The Labute approximate surface area is 139 Å². The Bertz CT molecular complexity index is 821. The number of methoxy groups -OCH3 is 1. The van der Waals surface area contributed by atoms with Crippen molar-refractivity contribution in [2.45, 2.75) is 18.3 Å². The summed E-state index contributed by atoms with van der Waals surface area (Å²) >= 11 is 0. The molecule has 0 saturated carbocycles. The summed E-state index contributed by atoms with van der Waals surface area (Å²) in [5, 5.41) is 19.3. The van der Waals surface area contributed by atoms with Crippen LogP contribution in [0.3, 0.4) is 0 Å². The van der Waals surface area contributed by atoms with Gasteiger partial charge in [0.2, 0.25) is 0 Å². The molecule has 2 aromatic rings. The van der Waals surface area contributed by atoms with Gasteiger partial charge in [0.25, 0.3) is 0 Å². The zero-order valence-electron chi connectivity index (χ0n) is 13.1. The van der Waals surface area contributed by atoms with E-state index in [1.54, 1.807) is 36.4 Å². The van der Waals surface area contributed by atoms with Gasteiger partial charge in [-0.3, -0.25) is 4.79 Å². The fourth-order valence-electron chi connectivity index (χ4n) is 2.72. The van der Waals surface area contributed by atoms with Gasteiger partial charge in [-0.2, -0.15) is 10.5 Å². The molecule has 0 aliphatic rings. The third-order valence-electron chi connectivity index (χ3n) is 3.97. The maximum atomic E-state index is 14.1. The lowest BCUT2D eigenvalue weighted by molar-refractivity contribution is -0.140. The molecule has 0 spiro atoms. The van der Waals surface area contributed by atoms with Crippen molar-refractivity contribution in [2.75, 3.05) is 7.11 Å². The van der Waals surface area contributed by atoms with Crippen LogP contribution in [0.1, 0.15) is 29.5 Å². The highest BCUT2D eigenvalue weighted by atomic mass is 19.1. The summed E-state index contributed by atoms with van der Waals surface area (Å²) < 4.78 is 18.7. The maximum Gasteiger partial charge on any atom is 0.305 e. The van der Waals surface area contributed by atoms with Gasteiger partial charge in [-0.15, -0.1) is 0 Å². The number of rotatable bonds is 5. The van der Waals surface area contributed by atoms with Crippen molar-refractivity contribution in [1.29, 1.82) is 10.5 Å². The first-order valence-electron chi connectivity index (χ1n) is 7.31. The topological polar surface area (TPSA) is 73.9 Å². The van der Waals surface area contributed by atoms with Crippen LogP contribution in [0.4, 0.5) is 4.39 Å². The minimum Gasteiger partial charge on any atom is -0.469 e. The van der Waals surface area contributed by atoms with E-state index in [0.29, 0.717) is 5.56 Å². The van der Waals surface area contributed by atoms with E-state index in [2.05, 4.69) is 10.8 Å². The van der Waals surface area contributed by atoms with Crippen LogP contribution in [0, 0.1) is 28.5 Å². The minimum absolute atomic E-state index is 0.0274. The molecule has 0 bridgehead atoms. The van der Waals surface area contributed by atoms with Gasteiger partial charge in [-0.1, -0.05) is 42.5 Å². The summed E-state index contributed by atoms with van der Waals surface area (Å²) in [7, 11) is 1.27. The molecule has 0 saturated heterocycles. The van der Waals surface area contributed by atoms with Gasteiger partial charge in [0.15, 0.2) is 0 Å². The normalized spacial score (nSPS) is 12.5. The summed E-state index contributed by atoms with van der Waals surface area (Å²) in [6, 6.07) is 17.0.